The monoisotopic (exact) mass is 351 g/mol. The standard InChI is InChI=1S/C21H21NO2S/c1-14-8-10-17(11-9-14)20-19(12-13-25-20)22-21(23)24-16(3)18-7-5-4-6-15(18)2/h4-13,16H,1-3H3,(H,22,23)/t16-/m1/s1. The number of ether oxygens (including phenoxy) is 1. The molecule has 0 unspecified atom stereocenters. The molecular formula is C21H21NO2S. The highest BCUT2D eigenvalue weighted by atomic mass is 32.1. The lowest BCUT2D eigenvalue weighted by molar-refractivity contribution is 0.121. The Morgan fingerprint density at radius 2 is 1.76 bits per heavy atom. The predicted octanol–water partition coefficient (Wildman–Crippen LogP) is 6.34. The van der Waals surface area contributed by atoms with Crippen LogP contribution < -0.4 is 5.32 Å². The third-order valence-corrected chi connectivity index (χ3v) is 5.09. The fourth-order valence-electron chi connectivity index (χ4n) is 2.74. The summed E-state index contributed by atoms with van der Waals surface area (Å²) in [4.78, 5) is 13.3. The molecule has 0 saturated carbocycles. The van der Waals surface area contributed by atoms with Crippen LogP contribution >= 0.6 is 11.3 Å². The van der Waals surface area contributed by atoms with E-state index in [4.69, 9.17) is 4.74 Å². The molecule has 1 atom stereocenters. The maximum Gasteiger partial charge on any atom is 0.412 e. The van der Waals surface area contributed by atoms with Crippen LogP contribution in [0.3, 0.4) is 0 Å². The second-order valence-electron chi connectivity index (χ2n) is 6.06. The zero-order valence-corrected chi connectivity index (χ0v) is 15.4. The van der Waals surface area contributed by atoms with Crippen molar-refractivity contribution in [2.75, 3.05) is 5.32 Å². The molecule has 4 heteroatoms. The molecule has 128 valence electrons. The molecule has 3 rings (SSSR count). The highest BCUT2D eigenvalue weighted by Crippen LogP contribution is 2.34. The maximum absolute atomic E-state index is 12.3. The molecule has 0 saturated heterocycles. The minimum absolute atomic E-state index is 0.303. The molecule has 1 heterocycles. The van der Waals surface area contributed by atoms with E-state index in [0.717, 1.165) is 27.3 Å². The Bertz CT molecular complexity index is 868. The smallest absolute Gasteiger partial charge is 0.412 e. The van der Waals surface area contributed by atoms with Gasteiger partial charge in [-0.2, -0.15) is 0 Å². The first kappa shape index (κ1) is 17.2. The molecule has 0 aliphatic carbocycles. The SMILES string of the molecule is Cc1ccc(-c2sccc2NC(=O)O[C@H](C)c2ccccc2C)cc1. The van der Waals surface area contributed by atoms with Crippen molar-refractivity contribution in [1.29, 1.82) is 0 Å². The number of nitrogens with one attached hydrogen (secondary N) is 1. The zero-order chi connectivity index (χ0) is 17.8. The van der Waals surface area contributed by atoms with Crippen molar-refractivity contribution in [2.45, 2.75) is 26.9 Å². The third kappa shape index (κ3) is 4.09. The van der Waals surface area contributed by atoms with Gasteiger partial charge in [0.1, 0.15) is 6.10 Å². The molecule has 0 fully saturated rings. The second kappa shape index (κ2) is 7.53. The summed E-state index contributed by atoms with van der Waals surface area (Å²) in [6.07, 6.45) is -0.745. The summed E-state index contributed by atoms with van der Waals surface area (Å²) in [7, 11) is 0. The largest absolute Gasteiger partial charge is 0.441 e. The fraction of sp³-hybridized carbons (Fsp3) is 0.190. The lowest BCUT2D eigenvalue weighted by atomic mass is 10.1. The summed E-state index contributed by atoms with van der Waals surface area (Å²) in [6.45, 7) is 5.96. The van der Waals surface area contributed by atoms with E-state index in [1.807, 2.05) is 49.6 Å². The summed E-state index contributed by atoms with van der Waals surface area (Å²) in [5.74, 6) is 0. The van der Waals surface area contributed by atoms with Gasteiger partial charge in [-0.25, -0.2) is 4.79 Å². The first-order chi connectivity index (χ1) is 12.0. The van der Waals surface area contributed by atoms with Crippen LogP contribution in [0.15, 0.2) is 60.0 Å². The van der Waals surface area contributed by atoms with Crippen molar-refractivity contribution in [3.05, 3.63) is 76.7 Å². The molecule has 0 aliphatic rings. The quantitative estimate of drug-likeness (QED) is 0.595. The number of anilines is 1. The van der Waals surface area contributed by atoms with Gasteiger partial charge < -0.3 is 4.74 Å². The van der Waals surface area contributed by atoms with Gasteiger partial charge in [-0.1, -0.05) is 54.1 Å². The fourth-order valence-corrected chi connectivity index (χ4v) is 3.60. The van der Waals surface area contributed by atoms with Crippen molar-refractivity contribution in [2.24, 2.45) is 0 Å². The summed E-state index contributed by atoms with van der Waals surface area (Å²) in [5.41, 5.74) is 5.19. The van der Waals surface area contributed by atoms with Gasteiger partial charge in [-0.05, 0) is 48.9 Å². The Balaban J connectivity index is 1.71. The number of aryl methyl sites for hydroxylation is 2. The van der Waals surface area contributed by atoms with Crippen LogP contribution in [-0.4, -0.2) is 6.09 Å². The molecular weight excluding hydrogens is 330 g/mol. The maximum atomic E-state index is 12.3. The molecule has 0 aliphatic heterocycles. The van der Waals surface area contributed by atoms with E-state index in [2.05, 4.69) is 36.5 Å². The number of amides is 1. The Hall–Kier alpha value is -2.59. The lowest BCUT2D eigenvalue weighted by Crippen LogP contribution is -2.16. The number of thiophene rings is 1. The van der Waals surface area contributed by atoms with Gasteiger partial charge in [0.15, 0.2) is 0 Å². The number of carbonyl (C=O) groups excluding carboxylic acids is 1. The topological polar surface area (TPSA) is 38.3 Å². The highest BCUT2D eigenvalue weighted by Gasteiger charge is 2.15. The van der Waals surface area contributed by atoms with Crippen LogP contribution in [-0.2, 0) is 4.74 Å². The van der Waals surface area contributed by atoms with Crippen LogP contribution in [0, 0.1) is 13.8 Å². The van der Waals surface area contributed by atoms with Gasteiger partial charge in [0.2, 0.25) is 0 Å². The van der Waals surface area contributed by atoms with Crippen LogP contribution in [0.2, 0.25) is 0 Å². The van der Waals surface area contributed by atoms with Gasteiger partial charge in [0, 0.05) is 0 Å². The number of hydrogen-bond acceptors (Lipinski definition) is 3. The number of rotatable bonds is 4. The molecule has 25 heavy (non-hydrogen) atoms. The Kier molecular flexibility index (Phi) is 5.19. The van der Waals surface area contributed by atoms with Crippen LogP contribution in [0.25, 0.3) is 10.4 Å². The summed E-state index contributed by atoms with van der Waals surface area (Å²) in [5, 5.41) is 4.84. The van der Waals surface area contributed by atoms with Crippen LogP contribution in [0.4, 0.5) is 10.5 Å². The predicted molar refractivity (Wildman–Crippen MR) is 104 cm³/mol. The molecule has 0 bridgehead atoms. The van der Waals surface area contributed by atoms with E-state index < -0.39 is 6.09 Å². The summed E-state index contributed by atoms with van der Waals surface area (Å²) >= 11 is 1.60. The number of hydrogen-bond donors (Lipinski definition) is 1. The van der Waals surface area contributed by atoms with Crippen LogP contribution in [0.5, 0.6) is 0 Å². The van der Waals surface area contributed by atoms with E-state index >= 15 is 0 Å². The average Bonchev–Trinajstić information content (AvgIpc) is 3.03. The average molecular weight is 351 g/mol. The Morgan fingerprint density at radius 3 is 2.48 bits per heavy atom. The van der Waals surface area contributed by atoms with E-state index in [-0.39, 0.29) is 6.10 Å². The van der Waals surface area contributed by atoms with E-state index in [1.165, 1.54) is 5.56 Å². The van der Waals surface area contributed by atoms with Crippen molar-refractivity contribution in [1.82, 2.24) is 0 Å². The molecule has 3 nitrogen and oxygen atoms in total. The highest BCUT2D eigenvalue weighted by molar-refractivity contribution is 7.14. The van der Waals surface area contributed by atoms with Gasteiger partial charge in [-0.3, -0.25) is 5.32 Å². The normalized spacial score (nSPS) is 11.8. The van der Waals surface area contributed by atoms with Gasteiger partial charge in [0.25, 0.3) is 0 Å². The van der Waals surface area contributed by atoms with Crippen molar-refractivity contribution in [3.63, 3.8) is 0 Å². The van der Waals surface area contributed by atoms with Crippen LogP contribution in [0.1, 0.15) is 29.7 Å². The lowest BCUT2D eigenvalue weighted by Gasteiger charge is -2.16. The third-order valence-electron chi connectivity index (χ3n) is 4.13. The first-order valence-corrected chi connectivity index (χ1v) is 9.10. The molecule has 3 aromatic rings. The summed E-state index contributed by atoms with van der Waals surface area (Å²) in [6, 6.07) is 18.1. The number of benzene rings is 2. The Labute approximate surface area is 152 Å². The van der Waals surface area contributed by atoms with Crippen molar-refractivity contribution in [3.8, 4) is 10.4 Å². The van der Waals surface area contributed by atoms with E-state index in [0.29, 0.717) is 0 Å². The molecule has 1 aromatic heterocycles. The van der Waals surface area contributed by atoms with Gasteiger partial charge in [-0.15, -0.1) is 11.3 Å². The Morgan fingerprint density at radius 1 is 1.04 bits per heavy atom. The van der Waals surface area contributed by atoms with Crippen molar-refractivity contribution >= 4 is 23.1 Å². The molecule has 0 spiro atoms. The van der Waals surface area contributed by atoms with Gasteiger partial charge in [0.05, 0.1) is 10.6 Å². The number of carbonyl (C=O) groups is 1. The van der Waals surface area contributed by atoms with Gasteiger partial charge >= 0.3 is 6.09 Å². The van der Waals surface area contributed by atoms with Crippen molar-refractivity contribution < 1.29 is 9.53 Å². The minimum Gasteiger partial charge on any atom is -0.441 e. The van der Waals surface area contributed by atoms with E-state index in [1.54, 1.807) is 11.3 Å². The molecule has 2 aromatic carbocycles. The minimum atomic E-state index is -0.442. The second-order valence-corrected chi connectivity index (χ2v) is 6.97. The summed E-state index contributed by atoms with van der Waals surface area (Å²) < 4.78 is 5.56. The first-order valence-electron chi connectivity index (χ1n) is 8.22. The zero-order valence-electron chi connectivity index (χ0n) is 14.6. The molecule has 1 N–H and O–H groups in total. The molecule has 1 amide bonds. The molecule has 0 radical (unpaired) electrons. The van der Waals surface area contributed by atoms with E-state index in [9.17, 15) is 4.79 Å².